The Balaban J connectivity index is 0.00000110. The van der Waals surface area contributed by atoms with Crippen molar-refractivity contribution < 1.29 is 37.6 Å². The third kappa shape index (κ3) is 10.5. The maximum absolute atomic E-state index is 12.8. The maximum atomic E-state index is 12.8. The summed E-state index contributed by atoms with van der Waals surface area (Å²) in [7, 11) is -1.36. The number of aliphatic hydroxyl groups is 1. The molecule has 1 fully saturated rings. The van der Waals surface area contributed by atoms with Crippen molar-refractivity contribution in [3.8, 4) is 0 Å². The van der Waals surface area contributed by atoms with Crippen molar-refractivity contribution in [2.24, 2.45) is 0 Å². The van der Waals surface area contributed by atoms with Crippen molar-refractivity contribution >= 4 is 34.4 Å². The first kappa shape index (κ1) is 32.1. The summed E-state index contributed by atoms with van der Waals surface area (Å²) >= 11 is 0. The van der Waals surface area contributed by atoms with Gasteiger partial charge in [0.1, 0.15) is 17.9 Å². The lowest BCUT2D eigenvalue weighted by atomic mass is 10.2. The fourth-order valence-corrected chi connectivity index (χ4v) is 4.60. The van der Waals surface area contributed by atoms with Crippen LogP contribution in [0.3, 0.4) is 0 Å². The molecule has 35 heavy (non-hydrogen) atoms. The smallest absolute Gasteiger partial charge is 0.293 e. The highest BCUT2D eigenvalue weighted by atomic mass is 32.2. The molecule has 1 saturated heterocycles. The quantitative estimate of drug-likeness (QED) is 0.232. The van der Waals surface area contributed by atoms with E-state index >= 15 is 0 Å². The second-order valence-electron chi connectivity index (χ2n) is 8.16. The third-order valence-corrected chi connectivity index (χ3v) is 6.40. The second kappa shape index (κ2) is 15.1. The molecule has 0 aliphatic carbocycles. The predicted octanol–water partition coefficient (Wildman–Crippen LogP) is 0.217. The minimum atomic E-state index is -3.98. The van der Waals surface area contributed by atoms with Crippen LogP contribution in [0, 0.1) is 10.1 Å². The topological polar surface area (TPSA) is 185 Å². The molecule has 0 bridgehead atoms. The molecule has 0 saturated carbocycles. The Hall–Kier alpha value is -2.94. The van der Waals surface area contributed by atoms with E-state index in [0.29, 0.717) is 25.6 Å². The Kier molecular flexibility index (Phi) is 13.9. The van der Waals surface area contributed by atoms with Crippen molar-refractivity contribution in [3.63, 3.8) is 0 Å². The minimum absolute atomic E-state index is 0.120. The first-order valence-corrected chi connectivity index (χ1v) is 12.0. The van der Waals surface area contributed by atoms with Gasteiger partial charge < -0.3 is 25.3 Å². The summed E-state index contributed by atoms with van der Waals surface area (Å²) in [5.41, 5.74) is -0.539. The summed E-state index contributed by atoms with van der Waals surface area (Å²) in [6.45, 7) is 6.32. The molecule has 3 N–H and O–H groups in total. The summed E-state index contributed by atoms with van der Waals surface area (Å²) in [6, 6.07) is 2.83. The summed E-state index contributed by atoms with van der Waals surface area (Å²) < 4.78 is 31.2. The Bertz CT molecular complexity index is 931. The van der Waals surface area contributed by atoms with Crippen LogP contribution in [-0.2, 0) is 29.1 Å². The number of nitrogens with one attached hydrogen (secondary N) is 2. The first-order chi connectivity index (χ1) is 16.4. The van der Waals surface area contributed by atoms with Crippen molar-refractivity contribution in [1.82, 2.24) is 14.9 Å². The number of nitro groups is 1. The normalized spacial score (nSPS) is 16.5. The zero-order valence-electron chi connectivity index (χ0n) is 20.5. The van der Waals surface area contributed by atoms with Crippen LogP contribution in [0.1, 0.15) is 33.6 Å². The number of rotatable bonds is 9. The molecule has 1 unspecified atom stereocenters. The van der Waals surface area contributed by atoms with Gasteiger partial charge in [-0.2, -0.15) is 4.31 Å². The fraction of sp³-hybridized carbons (Fsp3) is 0.571. The largest absolute Gasteiger partial charge is 0.462 e. The average molecular weight is 519 g/mol. The lowest BCUT2D eigenvalue weighted by Crippen LogP contribution is -2.51. The van der Waals surface area contributed by atoms with Crippen molar-refractivity contribution in [2.75, 3.05) is 27.2 Å². The summed E-state index contributed by atoms with van der Waals surface area (Å²) in [6.07, 6.45) is 1.42. The number of benzene rings is 1. The van der Waals surface area contributed by atoms with Gasteiger partial charge in [-0.15, -0.1) is 0 Å². The van der Waals surface area contributed by atoms with Gasteiger partial charge in [-0.1, -0.05) is 0 Å². The average Bonchev–Trinajstić information content (AvgIpc) is 3.31. The third-order valence-electron chi connectivity index (χ3n) is 4.48. The van der Waals surface area contributed by atoms with E-state index in [-0.39, 0.29) is 29.3 Å². The van der Waals surface area contributed by atoms with Crippen LogP contribution in [0.25, 0.3) is 0 Å². The van der Waals surface area contributed by atoms with E-state index < -0.39 is 32.9 Å². The molecule has 1 aliphatic heterocycles. The van der Waals surface area contributed by atoms with E-state index in [1.54, 1.807) is 7.05 Å². The zero-order valence-corrected chi connectivity index (χ0v) is 21.3. The molecule has 198 valence electrons. The number of sulfonamides is 1. The molecule has 13 nitrogen and oxygen atoms in total. The number of likely N-dealkylation sites (N-methyl/N-ethyl adjacent to an activating group) is 1. The number of ether oxygens (including phenoxy) is 1. The van der Waals surface area contributed by atoms with Gasteiger partial charge in [0.25, 0.3) is 12.2 Å². The Morgan fingerprint density at radius 1 is 1.29 bits per heavy atom. The van der Waals surface area contributed by atoms with E-state index in [1.165, 1.54) is 0 Å². The van der Waals surface area contributed by atoms with E-state index in [0.717, 1.165) is 35.7 Å². The molecular weight excluding hydrogens is 484 g/mol. The molecule has 14 heteroatoms. The lowest BCUT2D eigenvalue weighted by molar-refractivity contribution is -0.384. The number of carbonyl (C=O) groups is 3. The van der Waals surface area contributed by atoms with Gasteiger partial charge in [-0.25, -0.2) is 8.42 Å². The summed E-state index contributed by atoms with van der Waals surface area (Å²) in [5, 5.41) is 23.0. The molecule has 1 aromatic carbocycles. The maximum Gasteiger partial charge on any atom is 0.293 e. The Morgan fingerprint density at radius 2 is 1.86 bits per heavy atom. The predicted molar refractivity (Wildman–Crippen MR) is 127 cm³/mol. The van der Waals surface area contributed by atoms with Crippen LogP contribution in [-0.4, -0.2) is 86.4 Å². The molecule has 1 amide bonds. The van der Waals surface area contributed by atoms with Crippen molar-refractivity contribution in [2.45, 2.75) is 56.2 Å². The molecule has 1 aromatic rings. The van der Waals surface area contributed by atoms with Crippen molar-refractivity contribution in [3.05, 3.63) is 34.4 Å². The molecule has 1 aliphatic rings. The molecule has 0 radical (unpaired) electrons. The summed E-state index contributed by atoms with van der Waals surface area (Å²) in [5.74, 6) is -0.541. The lowest BCUT2D eigenvalue weighted by Gasteiger charge is -2.24. The first-order valence-electron chi connectivity index (χ1n) is 10.6. The van der Waals surface area contributed by atoms with Crippen LogP contribution in [0.5, 0.6) is 0 Å². The Labute approximate surface area is 205 Å². The molecule has 0 aromatic heterocycles. The number of nitrogens with zero attached hydrogens (tertiary/aromatic N) is 2. The summed E-state index contributed by atoms with van der Waals surface area (Å²) in [4.78, 5) is 43.0. The zero-order chi connectivity index (χ0) is 27.2. The van der Waals surface area contributed by atoms with Gasteiger partial charge in [0, 0.05) is 32.3 Å². The highest BCUT2D eigenvalue weighted by Gasteiger charge is 2.40. The SMILES string of the molecule is CC(C)(C)OC=O.CNCC(C=O)NC(=O)[C@@H]1CCCN1S(=O)(=O)c1ccc([N+](=O)[O-])cc1.CO. The van der Waals surface area contributed by atoms with Gasteiger partial charge >= 0.3 is 0 Å². The number of hydrogen-bond donors (Lipinski definition) is 3. The number of carbonyl (C=O) groups excluding carboxylic acids is 3. The number of nitro benzene ring substituents is 1. The number of amides is 1. The minimum Gasteiger partial charge on any atom is -0.462 e. The van der Waals surface area contributed by atoms with Gasteiger partial charge in [0.2, 0.25) is 15.9 Å². The van der Waals surface area contributed by atoms with Gasteiger partial charge in [-0.05, 0) is 52.8 Å². The fourth-order valence-electron chi connectivity index (χ4n) is 2.94. The van der Waals surface area contributed by atoms with Crippen molar-refractivity contribution in [1.29, 1.82) is 0 Å². The molecule has 2 atom stereocenters. The van der Waals surface area contributed by atoms with Gasteiger partial charge in [0.05, 0.1) is 15.9 Å². The molecule has 1 heterocycles. The van der Waals surface area contributed by atoms with Crippen LogP contribution < -0.4 is 10.6 Å². The van der Waals surface area contributed by atoms with E-state index in [1.807, 2.05) is 20.8 Å². The van der Waals surface area contributed by atoms with Crippen LogP contribution >= 0.6 is 0 Å². The number of aldehydes is 1. The highest BCUT2D eigenvalue weighted by molar-refractivity contribution is 7.89. The number of hydrogen-bond acceptors (Lipinski definition) is 10. The van der Waals surface area contributed by atoms with E-state index in [9.17, 15) is 32.9 Å². The van der Waals surface area contributed by atoms with Crippen LogP contribution in [0.2, 0.25) is 0 Å². The number of aliphatic hydroxyl groups excluding tert-OH is 1. The molecular formula is C21H34N4O9S. The Morgan fingerprint density at radius 3 is 2.26 bits per heavy atom. The highest BCUT2D eigenvalue weighted by Crippen LogP contribution is 2.27. The molecule has 2 rings (SSSR count). The molecule has 0 spiro atoms. The second-order valence-corrected chi connectivity index (χ2v) is 10.1. The van der Waals surface area contributed by atoms with E-state index in [2.05, 4.69) is 15.4 Å². The van der Waals surface area contributed by atoms with Gasteiger partial charge in [0.15, 0.2) is 0 Å². The van der Waals surface area contributed by atoms with Crippen LogP contribution in [0.4, 0.5) is 5.69 Å². The monoisotopic (exact) mass is 518 g/mol. The van der Waals surface area contributed by atoms with Crippen LogP contribution in [0.15, 0.2) is 29.2 Å². The number of non-ortho nitro benzene ring substituents is 1. The van der Waals surface area contributed by atoms with Gasteiger partial charge in [-0.3, -0.25) is 19.7 Å². The standard InChI is InChI=1S/C15H20N4O6S.C5H10O2.CH4O/c1-16-9-11(10-20)17-15(21)14-3-2-8-18(14)26(24,25)13-6-4-12(5-7-13)19(22)23;1-5(2,3)7-4-6;1-2/h4-7,10-11,14,16H,2-3,8-9H2,1H3,(H,17,21);4H,1-3H3;2H,1H3/t11?,14-;;/m0../s1. The van der Waals surface area contributed by atoms with E-state index in [4.69, 9.17) is 5.11 Å².